The molecule has 0 saturated carbocycles. The summed E-state index contributed by atoms with van der Waals surface area (Å²) in [7, 11) is 0. The molecule has 0 aromatic heterocycles. The zero-order chi connectivity index (χ0) is 15.3. The van der Waals surface area contributed by atoms with Crippen LogP contribution < -0.4 is 0 Å². The molecule has 0 aromatic rings. The molecule has 1 amide bonds. The number of hydrogen-bond acceptors (Lipinski definition) is 1. The molecule has 2 unspecified atom stereocenters. The predicted octanol–water partition coefficient (Wildman–Crippen LogP) is 4.59. The van der Waals surface area contributed by atoms with E-state index in [0.29, 0.717) is 22.7 Å². The van der Waals surface area contributed by atoms with Gasteiger partial charge in [-0.3, -0.25) is 4.79 Å². The van der Waals surface area contributed by atoms with Crippen LogP contribution in [0.1, 0.15) is 68.2 Å². The molecular weight excluding hydrogens is 234 g/mol. The van der Waals surface area contributed by atoms with Crippen LogP contribution in [0.4, 0.5) is 0 Å². The molecule has 0 aromatic carbocycles. The number of carbonyl (C=O) groups excluding carboxylic acids is 1. The first-order valence-electron chi connectivity index (χ1n) is 7.62. The molecule has 0 radical (unpaired) electrons. The number of hydrogen-bond donors (Lipinski definition) is 0. The summed E-state index contributed by atoms with van der Waals surface area (Å²) in [5.41, 5.74) is 0.677. The quantitative estimate of drug-likeness (QED) is 0.619. The molecule has 0 fully saturated rings. The summed E-state index contributed by atoms with van der Waals surface area (Å²) >= 11 is 0. The van der Waals surface area contributed by atoms with Crippen LogP contribution in [-0.4, -0.2) is 24.4 Å². The minimum Gasteiger partial charge on any atom is -0.345 e. The normalized spacial score (nSPS) is 16.0. The van der Waals surface area contributed by atoms with Gasteiger partial charge in [0.2, 0.25) is 6.41 Å². The Kier molecular flexibility index (Phi) is 7.10. The highest BCUT2D eigenvalue weighted by Crippen LogP contribution is 2.26. The molecule has 0 saturated heterocycles. The third kappa shape index (κ3) is 11.0. The number of carbonyl (C=O) groups is 1. The fourth-order valence-electron chi connectivity index (χ4n) is 3.18. The molecule has 0 N–H and O–H groups in total. The van der Waals surface area contributed by atoms with Crippen molar-refractivity contribution in [3.63, 3.8) is 0 Å². The van der Waals surface area contributed by atoms with Crippen molar-refractivity contribution in [1.82, 2.24) is 4.90 Å². The first-order valence-corrected chi connectivity index (χ1v) is 7.62. The summed E-state index contributed by atoms with van der Waals surface area (Å²) in [5, 5.41) is 0. The maximum absolute atomic E-state index is 11.2. The summed E-state index contributed by atoms with van der Waals surface area (Å²) in [6.45, 7) is 19.8. The van der Waals surface area contributed by atoms with Crippen LogP contribution in [0, 0.1) is 22.7 Å². The van der Waals surface area contributed by atoms with E-state index < -0.39 is 0 Å². The van der Waals surface area contributed by atoms with E-state index in [0.717, 1.165) is 32.3 Å². The standard InChI is InChI=1S/C17H35NO/c1-14(9-16(3,4)5)11-18(13-19)12-15(2)10-17(6,7)8/h13-15H,9-12H2,1-8H3. The average Bonchev–Trinajstić information content (AvgIpc) is 2.10. The Morgan fingerprint density at radius 3 is 1.37 bits per heavy atom. The van der Waals surface area contributed by atoms with Crippen molar-refractivity contribution in [2.24, 2.45) is 22.7 Å². The van der Waals surface area contributed by atoms with Crippen molar-refractivity contribution in [3.05, 3.63) is 0 Å². The highest BCUT2D eigenvalue weighted by atomic mass is 16.1. The molecule has 0 aliphatic carbocycles. The molecule has 0 rings (SSSR count). The minimum absolute atomic E-state index is 0.338. The van der Waals surface area contributed by atoms with Crippen molar-refractivity contribution in [1.29, 1.82) is 0 Å². The first-order chi connectivity index (χ1) is 8.43. The Balaban J connectivity index is 4.25. The molecule has 0 aliphatic rings. The van der Waals surface area contributed by atoms with Gasteiger partial charge in [0, 0.05) is 13.1 Å². The van der Waals surface area contributed by atoms with Gasteiger partial charge in [0.25, 0.3) is 0 Å². The SMILES string of the molecule is CC(CN(C=O)CC(C)CC(C)(C)C)CC(C)(C)C. The summed E-state index contributed by atoms with van der Waals surface area (Å²) in [4.78, 5) is 13.2. The number of nitrogens with zero attached hydrogens (tertiary/aromatic N) is 1. The van der Waals surface area contributed by atoms with E-state index in [1.165, 1.54) is 0 Å². The van der Waals surface area contributed by atoms with Gasteiger partial charge >= 0.3 is 0 Å². The maximum atomic E-state index is 11.2. The molecule has 0 aliphatic heterocycles. The van der Waals surface area contributed by atoms with Crippen LogP contribution >= 0.6 is 0 Å². The van der Waals surface area contributed by atoms with Crippen LogP contribution in [0.25, 0.3) is 0 Å². The maximum Gasteiger partial charge on any atom is 0.209 e. The van der Waals surface area contributed by atoms with E-state index in [1.54, 1.807) is 0 Å². The lowest BCUT2D eigenvalue weighted by atomic mass is 9.84. The molecule has 2 atom stereocenters. The van der Waals surface area contributed by atoms with Gasteiger partial charge in [0.1, 0.15) is 0 Å². The number of rotatable bonds is 7. The van der Waals surface area contributed by atoms with E-state index in [9.17, 15) is 4.79 Å². The van der Waals surface area contributed by atoms with Crippen LogP contribution in [-0.2, 0) is 4.79 Å². The Morgan fingerprint density at radius 1 is 0.842 bits per heavy atom. The third-order valence-electron chi connectivity index (χ3n) is 3.16. The predicted molar refractivity (Wildman–Crippen MR) is 84.1 cm³/mol. The fraction of sp³-hybridized carbons (Fsp3) is 0.941. The van der Waals surface area contributed by atoms with Gasteiger partial charge in [-0.1, -0.05) is 55.4 Å². The van der Waals surface area contributed by atoms with Gasteiger partial charge in [-0.15, -0.1) is 0 Å². The van der Waals surface area contributed by atoms with Gasteiger partial charge in [0.15, 0.2) is 0 Å². The first kappa shape index (κ1) is 18.5. The van der Waals surface area contributed by atoms with E-state index in [4.69, 9.17) is 0 Å². The van der Waals surface area contributed by atoms with E-state index in [2.05, 4.69) is 55.4 Å². The smallest absolute Gasteiger partial charge is 0.209 e. The van der Waals surface area contributed by atoms with Gasteiger partial charge in [-0.25, -0.2) is 0 Å². The lowest BCUT2D eigenvalue weighted by Crippen LogP contribution is -2.33. The van der Waals surface area contributed by atoms with E-state index in [-0.39, 0.29) is 0 Å². The van der Waals surface area contributed by atoms with E-state index >= 15 is 0 Å². The minimum atomic E-state index is 0.338. The second-order valence-corrected chi connectivity index (χ2v) is 8.80. The summed E-state index contributed by atoms with van der Waals surface area (Å²) in [6, 6.07) is 0. The molecule has 114 valence electrons. The highest BCUT2D eigenvalue weighted by molar-refractivity contribution is 5.46. The molecule has 2 heteroatoms. The number of amides is 1. The van der Waals surface area contributed by atoms with Gasteiger partial charge in [0.05, 0.1) is 0 Å². The van der Waals surface area contributed by atoms with Crippen molar-refractivity contribution in [2.75, 3.05) is 13.1 Å². The van der Waals surface area contributed by atoms with Crippen LogP contribution in [0.15, 0.2) is 0 Å². The van der Waals surface area contributed by atoms with Gasteiger partial charge in [-0.2, -0.15) is 0 Å². The van der Waals surface area contributed by atoms with Crippen molar-refractivity contribution in [2.45, 2.75) is 68.2 Å². The van der Waals surface area contributed by atoms with Crippen LogP contribution in [0.2, 0.25) is 0 Å². The lowest BCUT2D eigenvalue weighted by molar-refractivity contribution is -0.119. The second-order valence-electron chi connectivity index (χ2n) is 8.80. The molecule has 2 nitrogen and oxygen atoms in total. The average molecular weight is 269 g/mol. The van der Waals surface area contributed by atoms with E-state index in [1.807, 2.05) is 4.90 Å². The van der Waals surface area contributed by atoms with Crippen molar-refractivity contribution >= 4 is 6.41 Å². The fourth-order valence-corrected chi connectivity index (χ4v) is 3.18. The highest BCUT2D eigenvalue weighted by Gasteiger charge is 2.20. The topological polar surface area (TPSA) is 20.3 Å². The van der Waals surface area contributed by atoms with Crippen LogP contribution in [0.3, 0.4) is 0 Å². The molecule has 0 bridgehead atoms. The Bertz CT molecular complexity index is 235. The molecule has 19 heavy (non-hydrogen) atoms. The van der Waals surface area contributed by atoms with Gasteiger partial charge in [-0.05, 0) is 35.5 Å². The van der Waals surface area contributed by atoms with Crippen LogP contribution in [0.5, 0.6) is 0 Å². The summed E-state index contributed by atoms with van der Waals surface area (Å²) < 4.78 is 0. The van der Waals surface area contributed by atoms with Crippen molar-refractivity contribution < 1.29 is 4.79 Å². The lowest BCUT2D eigenvalue weighted by Gasteiger charge is -2.30. The largest absolute Gasteiger partial charge is 0.345 e. The van der Waals surface area contributed by atoms with Gasteiger partial charge < -0.3 is 4.90 Å². The molecular formula is C17H35NO. The Morgan fingerprint density at radius 2 is 1.16 bits per heavy atom. The monoisotopic (exact) mass is 269 g/mol. The zero-order valence-electron chi connectivity index (χ0n) is 14.4. The Hall–Kier alpha value is -0.530. The molecule has 0 spiro atoms. The summed E-state index contributed by atoms with van der Waals surface area (Å²) in [5.74, 6) is 1.12. The zero-order valence-corrected chi connectivity index (χ0v) is 14.4. The van der Waals surface area contributed by atoms with Crippen molar-refractivity contribution in [3.8, 4) is 0 Å². The molecule has 0 heterocycles. The Labute approximate surface area is 120 Å². The summed E-state index contributed by atoms with van der Waals surface area (Å²) in [6.07, 6.45) is 3.34. The second kappa shape index (κ2) is 7.31. The third-order valence-corrected chi connectivity index (χ3v) is 3.16.